The smallest absolute Gasteiger partial charge is 0.0208 e. The Labute approximate surface area is 124 Å². The van der Waals surface area contributed by atoms with Crippen molar-refractivity contribution in [2.75, 3.05) is 19.6 Å². The summed E-state index contributed by atoms with van der Waals surface area (Å²) in [6.45, 7) is 15.9. The molecular formula is C18H30N2. The van der Waals surface area contributed by atoms with Gasteiger partial charge in [0.1, 0.15) is 0 Å². The summed E-state index contributed by atoms with van der Waals surface area (Å²) in [5, 5.41) is 3.66. The zero-order valence-corrected chi connectivity index (χ0v) is 13.8. The van der Waals surface area contributed by atoms with Crippen LogP contribution in [0.15, 0.2) is 12.1 Å². The number of likely N-dealkylation sites (tertiary alicyclic amines) is 1. The lowest BCUT2D eigenvalue weighted by Crippen LogP contribution is -2.30. The molecule has 0 amide bonds. The van der Waals surface area contributed by atoms with E-state index < -0.39 is 0 Å². The third kappa shape index (κ3) is 3.83. The highest BCUT2D eigenvalue weighted by Gasteiger charge is 2.23. The quantitative estimate of drug-likeness (QED) is 0.885. The Balaban J connectivity index is 1.81. The number of aryl methyl sites for hydroxylation is 3. The van der Waals surface area contributed by atoms with Crippen LogP contribution in [0.3, 0.4) is 0 Å². The van der Waals surface area contributed by atoms with Gasteiger partial charge in [0.2, 0.25) is 0 Å². The van der Waals surface area contributed by atoms with E-state index in [9.17, 15) is 0 Å². The highest BCUT2D eigenvalue weighted by Crippen LogP contribution is 2.18. The maximum absolute atomic E-state index is 3.66. The molecule has 112 valence electrons. The zero-order valence-electron chi connectivity index (χ0n) is 13.8. The molecule has 1 saturated heterocycles. The Hall–Kier alpha value is -0.860. The van der Waals surface area contributed by atoms with Gasteiger partial charge in [0.05, 0.1) is 0 Å². The molecule has 0 saturated carbocycles. The largest absolute Gasteiger partial charge is 0.312 e. The van der Waals surface area contributed by atoms with E-state index in [1.165, 1.54) is 41.8 Å². The minimum absolute atomic E-state index is 0.696. The second-order valence-electron chi connectivity index (χ2n) is 6.74. The van der Waals surface area contributed by atoms with Crippen LogP contribution in [0.5, 0.6) is 0 Å². The Morgan fingerprint density at radius 1 is 1.15 bits per heavy atom. The lowest BCUT2D eigenvalue weighted by atomic mass is 10.0. The molecule has 20 heavy (non-hydrogen) atoms. The van der Waals surface area contributed by atoms with Gasteiger partial charge in [-0.25, -0.2) is 0 Å². The van der Waals surface area contributed by atoms with Gasteiger partial charge in [0, 0.05) is 19.1 Å². The summed E-state index contributed by atoms with van der Waals surface area (Å²) in [5.41, 5.74) is 5.66. The van der Waals surface area contributed by atoms with E-state index in [1.807, 2.05) is 0 Å². The van der Waals surface area contributed by atoms with Crippen LogP contribution >= 0.6 is 0 Å². The standard InChI is InChI=1S/C18H30N2/c1-13(2)20-7-6-17(12-20)10-19-11-18-9-15(4)14(3)8-16(18)5/h8-9,13,17,19H,6-7,10-12H2,1-5H3. The zero-order chi connectivity index (χ0) is 14.7. The minimum Gasteiger partial charge on any atom is -0.312 e. The van der Waals surface area contributed by atoms with E-state index in [0.717, 1.165) is 19.0 Å². The average Bonchev–Trinajstić information content (AvgIpc) is 2.84. The van der Waals surface area contributed by atoms with Gasteiger partial charge in [0.25, 0.3) is 0 Å². The molecule has 1 heterocycles. The van der Waals surface area contributed by atoms with Gasteiger partial charge in [-0.3, -0.25) is 0 Å². The monoisotopic (exact) mass is 274 g/mol. The van der Waals surface area contributed by atoms with Crippen LogP contribution in [0.1, 0.15) is 42.5 Å². The van der Waals surface area contributed by atoms with Gasteiger partial charge in [-0.1, -0.05) is 12.1 Å². The van der Waals surface area contributed by atoms with Crippen LogP contribution in [0, 0.1) is 26.7 Å². The molecule has 1 fully saturated rings. The summed E-state index contributed by atoms with van der Waals surface area (Å²) < 4.78 is 0. The normalized spacial score (nSPS) is 20.0. The fraction of sp³-hybridized carbons (Fsp3) is 0.667. The predicted octanol–water partition coefficient (Wildman–Crippen LogP) is 3.43. The van der Waals surface area contributed by atoms with Crippen LogP contribution in [-0.4, -0.2) is 30.6 Å². The van der Waals surface area contributed by atoms with Crippen LogP contribution in [0.25, 0.3) is 0 Å². The number of nitrogens with one attached hydrogen (secondary N) is 1. The molecule has 0 spiro atoms. The SMILES string of the molecule is Cc1cc(C)c(CNCC2CCN(C(C)C)C2)cc1C. The Kier molecular flexibility index (Phi) is 5.22. The van der Waals surface area contributed by atoms with Crippen molar-refractivity contribution in [2.45, 2.75) is 53.6 Å². The number of hydrogen-bond acceptors (Lipinski definition) is 2. The van der Waals surface area contributed by atoms with Crippen molar-refractivity contribution in [3.63, 3.8) is 0 Å². The van der Waals surface area contributed by atoms with Crippen molar-refractivity contribution in [1.82, 2.24) is 10.2 Å². The Bertz CT molecular complexity index is 451. The highest BCUT2D eigenvalue weighted by atomic mass is 15.2. The summed E-state index contributed by atoms with van der Waals surface area (Å²) in [7, 11) is 0. The van der Waals surface area contributed by atoms with Crippen LogP contribution < -0.4 is 5.32 Å². The van der Waals surface area contributed by atoms with E-state index in [2.05, 4.69) is 57.0 Å². The van der Waals surface area contributed by atoms with Crippen molar-refractivity contribution in [2.24, 2.45) is 5.92 Å². The van der Waals surface area contributed by atoms with Crippen LogP contribution in [0.4, 0.5) is 0 Å². The van der Waals surface area contributed by atoms with Gasteiger partial charge < -0.3 is 10.2 Å². The lowest BCUT2D eigenvalue weighted by molar-refractivity contribution is 0.264. The Morgan fingerprint density at radius 2 is 1.85 bits per heavy atom. The third-order valence-electron chi connectivity index (χ3n) is 4.75. The minimum atomic E-state index is 0.696. The highest BCUT2D eigenvalue weighted by molar-refractivity contribution is 5.36. The maximum Gasteiger partial charge on any atom is 0.0208 e. The molecular weight excluding hydrogens is 244 g/mol. The van der Waals surface area contributed by atoms with Gasteiger partial charge in [0.15, 0.2) is 0 Å². The summed E-state index contributed by atoms with van der Waals surface area (Å²) >= 11 is 0. The van der Waals surface area contributed by atoms with E-state index in [1.54, 1.807) is 0 Å². The number of hydrogen-bond donors (Lipinski definition) is 1. The summed E-state index contributed by atoms with van der Waals surface area (Å²) in [6, 6.07) is 5.34. The first-order valence-electron chi connectivity index (χ1n) is 7.99. The molecule has 1 aliphatic heterocycles. The fourth-order valence-corrected chi connectivity index (χ4v) is 3.12. The van der Waals surface area contributed by atoms with E-state index in [0.29, 0.717) is 6.04 Å². The average molecular weight is 274 g/mol. The summed E-state index contributed by atoms with van der Waals surface area (Å²) in [4.78, 5) is 2.59. The molecule has 0 radical (unpaired) electrons. The van der Waals surface area contributed by atoms with Crippen LogP contribution in [-0.2, 0) is 6.54 Å². The van der Waals surface area contributed by atoms with E-state index >= 15 is 0 Å². The number of benzene rings is 1. The van der Waals surface area contributed by atoms with Crippen molar-refractivity contribution in [3.05, 3.63) is 34.4 Å². The molecule has 1 unspecified atom stereocenters. The van der Waals surface area contributed by atoms with Crippen molar-refractivity contribution < 1.29 is 0 Å². The first-order chi connectivity index (χ1) is 9.47. The van der Waals surface area contributed by atoms with Gasteiger partial charge in [-0.2, -0.15) is 0 Å². The Morgan fingerprint density at radius 3 is 2.50 bits per heavy atom. The molecule has 2 nitrogen and oxygen atoms in total. The molecule has 1 aromatic carbocycles. The fourth-order valence-electron chi connectivity index (χ4n) is 3.12. The van der Waals surface area contributed by atoms with E-state index in [-0.39, 0.29) is 0 Å². The van der Waals surface area contributed by atoms with Crippen molar-refractivity contribution >= 4 is 0 Å². The maximum atomic E-state index is 3.66. The number of nitrogens with zero attached hydrogens (tertiary/aromatic N) is 1. The second-order valence-corrected chi connectivity index (χ2v) is 6.74. The first-order valence-corrected chi connectivity index (χ1v) is 7.99. The van der Waals surface area contributed by atoms with Crippen LogP contribution in [0.2, 0.25) is 0 Å². The molecule has 1 aliphatic rings. The molecule has 1 N–H and O–H groups in total. The molecule has 1 atom stereocenters. The second kappa shape index (κ2) is 6.73. The lowest BCUT2D eigenvalue weighted by Gasteiger charge is -2.20. The summed E-state index contributed by atoms with van der Waals surface area (Å²) in [5.74, 6) is 0.823. The third-order valence-corrected chi connectivity index (χ3v) is 4.75. The summed E-state index contributed by atoms with van der Waals surface area (Å²) in [6.07, 6.45) is 1.34. The van der Waals surface area contributed by atoms with E-state index in [4.69, 9.17) is 0 Å². The van der Waals surface area contributed by atoms with Crippen molar-refractivity contribution in [1.29, 1.82) is 0 Å². The molecule has 0 bridgehead atoms. The van der Waals surface area contributed by atoms with Gasteiger partial charge in [-0.05, 0) is 82.3 Å². The number of rotatable bonds is 5. The van der Waals surface area contributed by atoms with Gasteiger partial charge >= 0.3 is 0 Å². The van der Waals surface area contributed by atoms with Crippen molar-refractivity contribution in [3.8, 4) is 0 Å². The molecule has 0 aromatic heterocycles. The molecule has 0 aliphatic carbocycles. The molecule has 2 heteroatoms. The predicted molar refractivity (Wildman–Crippen MR) is 87.2 cm³/mol. The molecule has 1 aromatic rings. The first kappa shape index (κ1) is 15.5. The molecule has 2 rings (SSSR count). The topological polar surface area (TPSA) is 15.3 Å². The van der Waals surface area contributed by atoms with Gasteiger partial charge in [-0.15, -0.1) is 0 Å².